The lowest BCUT2D eigenvalue weighted by Gasteiger charge is -2.35. The van der Waals surface area contributed by atoms with Crippen LogP contribution in [0.15, 0.2) is 42.7 Å². The summed E-state index contributed by atoms with van der Waals surface area (Å²) in [5.74, 6) is 0.0468. The van der Waals surface area contributed by atoms with Crippen LogP contribution in [-0.4, -0.2) is 76.4 Å². The van der Waals surface area contributed by atoms with E-state index in [4.69, 9.17) is 0 Å². The zero-order valence-corrected chi connectivity index (χ0v) is 17.1. The van der Waals surface area contributed by atoms with Crippen LogP contribution in [-0.2, 0) is 9.59 Å². The molecule has 0 spiro atoms. The Morgan fingerprint density at radius 2 is 1.67 bits per heavy atom. The fraction of sp³-hybridized carbons (Fsp3) is 0.381. The minimum Gasteiger partial charge on any atom is -0.338 e. The van der Waals surface area contributed by atoms with Gasteiger partial charge in [-0.3, -0.25) is 19.4 Å². The van der Waals surface area contributed by atoms with Crippen molar-refractivity contribution in [3.05, 3.63) is 48.3 Å². The van der Waals surface area contributed by atoms with Crippen molar-refractivity contribution in [2.75, 3.05) is 42.5 Å². The maximum atomic E-state index is 12.9. The van der Waals surface area contributed by atoms with E-state index in [9.17, 15) is 14.4 Å². The van der Waals surface area contributed by atoms with Crippen molar-refractivity contribution in [1.29, 1.82) is 0 Å². The first-order valence-electron chi connectivity index (χ1n) is 9.96. The van der Waals surface area contributed by atoms with Crippen LogP contribution >= 0.6 is 0 Å². The van der Waals surface area contributed by atoms with Crippen molar-refractivity contribution in [1.82, 2.24) is 19.8 Å². The summed E-state index contributed by atoms with van der Waals surface area (Å²) >= 11 is 0. The maximum absolute atomic E-state index is 12.9. The average molecular weight is 408 g/mol. The Kier molecular flexibility index (Phi) is 5.35. The third-order valence-corrected chi connectivity index (χ3v) is 5.52. The molecule has 1 aromatic carbocycles. The number of hydrogen-bond acceptors (Lipinski definition) is 6. The first-order chi connectivity index (χ1) is 14.5. The molecule has 4 rings (SSSR count). The smallest absolute Gasteiger partial charge is 0.332 e. The molecule has 3 heterocycles. The first-order valence-corrected chi connectivity index (χ1v) is 9.96. The van der Waals surface area contributed by atoms with Gasteiger partial charge < -0.3 is 9.80 Å². The second kappa shape index (κ2) is 8.10. The van der Waals surface area contributed by atoms with Gasteiger partial charge in [0, 0.05) is 44.3 Å². The van der Waals surface area contributed by atoms with E-state index in [-0.39, 0.29) is 18.4 Å². The Hall–Kier alpha value is -3.49. The number of benzene rings is 1. The number of anilines is 2. The summed E-state index contributed by atoms with van der Waals surface area (Å²) in [7, 11) is 0. The van der Waals surface area contributed by atoms with E-state index in [0.29, 0.717) is 37.8 Å². The van der Waals surface area contributed by atoms with Gasteiger partial charge in [0.25, 0.3) is 5.91 Å². The number of nitrogens with zero attached hydrogens (tertiary/aromatic N) is 6. The molecule has 0 radical (unpaired) electrons. The summed E-state index contributed by atoms with van der Waals surface area (Å²) < 4.78 is 0. The van der Waals surface area contributed by atoms with Gasteiger partial charge in [0.2, 0.25) is 11.9 Å². The number of amides is 4. The fourth-order valence-corrected chi connectivity index (χ4v) is 3.76. The molecule has 4 amide bonds. The van der Waals surface area contributed by atoms with Gasteiger partial charge in [-0.1, -0.05) is 17.7 Å². The first kappa shape index (κ1) is 19.8. The van der Waals surface area contributed by atoms with Gasteiger partial charge in [0.15, 0.2) is 0 Å². The zero-order valence-electron chi connectivity index (χ0n) is 17.1. The molecule has 9 nitrogen and oxygen atoms in total. The molecule has 30 heavy (non-hydrogen) atoms. The number of carbonyl (C=O) groups is 3. The van der Waals surface area contributed by atoms with Crippen molar-refractivity contribution in [3.8, 4) is 0 Å². The van der Waals surface area contributed by atoms with Crippen molar-refractivity contribution in [3.63, 3.8) is 0 Å². The van der Waals surface area contributed by atoms with Crippen LogP contribution in [0, 0.1) is 6.92 Å². The molecule has 2 aromatic rings. The number of rotatable bonds is 4. The lowest BCUT2D eigenvalue weighted by molar-refractivity contribution is -0.137. The highest BCUT2D eigenvalue weighted by Gasteiger charge is 2.44. The molecular weight excluding hydrogens is 384 g/mol. The molecule has 0 N–H and O–H groups in total. The van der Waals surface area contributed by atoms with Crippen LogP contribution in [0.2, 0.25) is 0 Å². The van der Waals surface area contributed by atoms with Gasteiger partial charge in [-0.2, -0.15) is 0 Å². The highest BCUT2D eigenvalue weighted by molar-refractivity contribution is 6.15. The zero-order chi connectivity index (χ0) is 21.3. The van der Waals surface area contributed by atoms with Crippen LogP contribution in [0.5, 0.6) is 0 Å². The average Bonchev–Trinajstić information content (AvgIpc) is 2.98. The Balaban J connectivity index is 1.39. The summed E-state index contributed by atoms with van der Waals surface area (Å²) in [5, 5.41) is 0. The normalized spacial score (nSPS) is 19.6. The summed E-state index contributed by atoms with van der Waals surface area (Å²) in [5.41, 5.74) is 1.72. The Bertz CT molecular complexity index is 941. The maximum Gasteiger partial charge on any atom is 0.332 e. The van der Waals surface area contributed by atoms with Gasteiger partial charge in [0.05, 0.1) is 0 Å². The second-order valence-corrected chi connectivity index (χ2v) is 7.51. The number of imide groups is 1. The Labute approximate surface area is 174 Å². The van der Waals surface area contributed by atoms with E-state index in [0.717, 1.165) is 10.5 Å². The van der Waals surface area contributed by atoms with E-state index < -0.39 is 12.1 Å². The van der Waals surface area contributed by atoms with Crippen molar-refractivity contribution in [2.45, 2.75) is 19.9 Å². The van der Waals surface area contributed by atoms with E-state index in [2.05, 4.69) is 9.97 Å². The van der Waals surface area contributed by atoms with Gasteiger partial charge in [-0.05, 0) is 32.0 Å². The molecule has 156 valence electrons. The molecule has 0 saturated carbocycles. The monoisotopic (exact) mass is 408 g/mol. The third-order valence-electron chi connectivity index (χ3n) is 5.52. The molecule has 0 unspecified atom stereocenters. The van der Waals surface area contributed by atoms with E-state index >= 15 is 0 Å². The SMILES string of the molecule is Cc1ccc(N2C(=O)N(CC(=O)N3CCN(c4ncccn4)CC3)C(=O)[C@@H]2C)cc1. The van der Waals surface area contributed by atoms with E-state index in [1.807, 2.05) is 36.1 Å². The van der Waals surface area contributed by atoms with Gasteiger partial charge in [-0.25, -0.2) is 14.8 Å². The fourth-order valence-electron chi connectivity index (χ4n) is 3.76. The predicted molar refractivity (Wildman–Crippen MR) is 111 cm³/mol. The number of hydrogen-bond donors (Lipinski definition) is 0. The lowest BCUT2D eigenvalue weighted by Crippen LogP contribution is -2.52. The largest absolute Gasteiger partial charge is 0.338 e. The van der Waals surface area contributed by atoms with Crippen LogP contribution in [0.3, 0.4) is 0 Å². The topological polar surface area (TPSA) is 90.0 Å². The summed E-state index contributed by atoms with van der Waals surface area (Å²) in [4.78, 5) is 53.0. The molecule has 9 heteroatoms. The van der Waals surface area contributed by atoms with Crippen molar-refractivity contribution >= 4 is 29.5 Å². The quantitative estimate of drug-likeness (QED) is 0.709. The van der Waals surface area contributed by atoms with Crippen LogP contribution in [0.4, 0.5) is 16.4 Å². The second-order valence-electron chi connectivity index (χ2n) is 7.51. The van der Waals surface area contributed by atoms with E-state index in [1.54, 1.807) is 30.3 Å². The molecule has 2 aliphatic rings. The highest BCUT2D eigenvalue weighted by atomic mass is 16.2. The number of aryl methyl sites for hydroxylation is 1. The Morgan fingerprint density at radius 1 is 1.03 bits per heavy atom. The molecule has 2 aliphatic heterocycles. The third kappa shape index (κ3) is 3.70. The van der Waals surface area contributed by atoms with Crippen LogP contribution in [0.1, 0.15) is 12.5 Å². The summed E-state index contributed by atoms with van der Waals surface area (Å²) in [6.07, 6.45) is 3.37. The number of aromatic nitrogens is 2. The van der Waals surface area contributed by atoms with Gasteiger partial charge in [0.1, 0.15) is 12.6 Å². The summed E-state index contributed by atoms with van der Waals surface area (Å²) in [6, 6.07) is 8.07. The molecular formula is C21H24N6O3. The van der Waals surface area contributed by atoms with Crippen molar-refractivity contribution < 1.29 is 14.4 Å². The van der Waals surface area contributed by atoms with Crippen LogP contribution in [0.25, 0.3) is 0 Å². The minimum absolute atomic E-state index is 0.233. The number of piperazine rings is 1. The number of carbonyl (C=O) groups excluding carboxylic acids is 3. The van der Waals surface area contributed by atoms with Crippen LogP contribution < -0.4 is 9.80 Å². The van der Waals surface area contributed by atoms with E-state index in [1.165, 1.54) is 4.90 Å². The van der Waals surface area contributed by atoms with Gasteiger partial charge in [-0.15, -0.1) is 0 Å². The summed E-state index contributed by atoms with van der Waals surface area (Å²) in [6.45, 7) is 5.58. The molecule has 2 saturated heterocycles. The highest BCUT2D eigenvalue weighted by Crippen LogP contribution is 2.26. The molecule has 0 aliphatic carbocycles. The molecule has 0 bridgehead atoms. The lowest BCUT2D eigenvalue weighted by atomic mass is 10.2. The molecule has 2 fully saturated rings. The predicted octanol–water partition coefficient (Wildman–Crippen LogP) is 1.29. The molecule has 1 atom stereocenters. The van der Waals surface area contributed by atoms with Gasteiger partial charge >= 0.3 is 6.03 Å². The molecule has 1 aromatic heterocycles. The standard InChI is InChI=1S/C21H24N6O3/c1-15-4-6-17(7-5-15)27-16(2)19(29)26(21(27)30)14-18(28)24-10-12-25(13-11-24)20-22-8-3-9-23-20/h3-9,16H,10-14H2,1-2H3/t16-/m0/s1. The number of urea groups is 1. The Morgan fingerprint density at radius 3 is 2.30 bits per heavy atom. The minimum atomic E-state index is -0.639. The van der Waals surface area contributed by atoms with Crippen molar-refractivity contribution in [2.24, 2.45) is 0 Å².